The predicted molar refractivity (Wildman–Crippen MR) is 85.6 cm³/mol. The van der Waals surface area contributed by atoms with Gasteiger partial charge in [0.2, 0.25) is 0 Å². The lowest BCUT2D eigenvalue weighted by Gasteiger charge is -2.02. The zero-order chi connectivity index (χ0) is 16.3. The van der Waals surface area contributed by atoms with Crippen molar-refractivity contribution >= 4 is 43.8 Å². The summed E-state index contributed by atoms with van der Waals surface area (Å²) in [5, 5.41) is 14.2. The van der Waals surface area contributed by atoms with Crippen LogP contribution in [-0.2, 0) is 0 Å². The van der Waals surface area contributed by atoms with Gasteiger partial charge < -0.3 is 18.5 Å². The van der Waals surface area contributed by atoms with Gasteiger partial charge in [-0.25, -0.2) is 4.79 Å². The molecule has 1 aromatic carbocycles. The molecule has 116 valence electrons. The lowest BCUT2D eigenvalue weighted by Crippen LogP contribution is -1.94. The van der Waals surface area contributed by atoms with Crippen molar-refractivity contribution in [1.82, 2.24) is 5.16 Å². The summed E-state index contributed by atoms with van der Waals surface area (Å²) in [6.07, 6.45) is 0. The Labute approximate surface area is 137 Å². The van der Waals surface area contributed by atoms with Crippen LogP contribution in [0.5, 0.6) is 0 Å². The van der Waals surface area contributed by atoms with E-state index in [4.69, 9.17) is 18.5 Å². The first-order valence-corrected chi connectivity index (χ1v) is 7.57. The minimum atomic E-state index is -1.15. The van der Waals surface area contributed by atoms with Gasteiger partial charge in [-0.2, -0.15) is 0 Å². The molecule has 0 amide bonds. The van der Waals surface area contributed by atoms with Crippen LogP contribution in [0.25, 0.3) is 33.3 Å². The molecule has 0 unspecified atom stereocenters. The second kappa shape index (κ2) is 4.73. The summed E-state index contributed by atoms with van der Waals surface area (Å²) in [5.74, 6) is 0.622. The van der Waals surface area contributed by atoms with E-state index < -0.39 is 5.97 Å². The molecule has 0 spiro atoms. The van der Waals surface area contributed by atoms with Crippen LogP contribution in [0, 0.1) is 13.8 Å². The number of fused-ring (bicyclic) bond motifs is 2. The van der Waals surface area contributed by atoms with E-state index in [0.29, 0.717) is 22.5 Å². The quantitative estimate of drug-likeness (QED) is 0.535. The zero-order valence-corrected chi connectivity index (χ0v) is 13.7. The molecule has 3 heterocycles. The topological polar surface area (TPSA) is 89.6 Å². The Morgan fingerprint density at radius 3 is 2.39 bits per heavy atom. The monoisotopic (exact) mass is 375 g/mol. The summed E-state index contributed by atoms with van der Waals surface area (Å²) in [4.78, 5) is 11.1. The highest BCUT2D eigenvalue weighted by atomic mass is 79.9. The van der Waals surface area contributed by atoms with Crippen molar-refractivity contribution in [3.63, 3.8) is 0 Å². The fraction of sp³-hybridized carbons (Fsp3) is 0.125. The molecule has 6 nitrogen and oxygen atoms in total. The molecule has 0 aliphatic carbocycles. The van der Waals surface area contributed by atoms with Crippen LogP contribution in [-0.4, -0.2) is 16.2 Å². The molecule has 0 fully saturated rings. The molecule has 0 saturated carbocycles. The molecular formula is C16H10BrNO5. The van der Waals surface area contributed by atoms with Gasteiger partial charge in [0.1, 0.15) is 22.7 Å². The third-order valence-corrected chi connectivity index (χ3v) is 4.41. The van der Waals surface area contributed by atoms with Crippen LogP contribution in [0.2, 0.25) is 0 Å². The van der Waals surface area contributed by atoms with Crippen molar-refractivity contribution in [3.8, 4) is 11.3 Å². The van der Waals surface area contributed by atoms with Crippen molar-refractivity contribution in [3.05, 3.63) is 39.9 Å². The fourth-order valence-corrected chi connectivity index (χ4v) is 3.30. The molecule has 4 rings (SSSR count). The van der Waals surface area contributed by atoms with Gasteiger partial charge in [-0.15, -0.1) is 0 Å². The van der Waals surface area contributed by atoms with E-state index in [-0.39, 0.29) is 5.69 Å². The second-order valence-corrected chi connectivity index (χ2v) is 6.06. The number of benzene rings is 1. The Balaban J connectivity index is 2.16. The maximum Gasteiger partial charge on any atom is 0.358 e. The van der Waals surface area contributed by atoms with E-state index in [1.807, 2.05) is 26.0 Å². The number of aromatic nitrogens is 1. The van der Waals surface area contributed by atoms with Crippen LogP contribution in [0.3, 0.4) is 0 Å². The van der Waals surface area contributed by atoms with Gasteiger partial charge in [-0.3, -0.25) is 0 Å². The average Bonchev–Trinajstić information content (AvgIpc) is 3.17. The summed E-state index contributed by atoms with van der Waals surface area (Å²) in [5.41, 5.74) is 1.71. The maximum atomic E-state index is 11.1. The van der Waals surface area contributed by atoms with Crippen LogP contribution in [0.15, 0.2) is 36.0 Å². The molecule has 4 aromatic rings. The summed E-state index contributed by atoms with van der Waals surface area (Å²) in [6, 6.07) is 5.12. The van der Waals surface area contributed by atoms with Crippen molar-refractivity contribution in [2.75, 3.05) is 0 Å². The first-order valence-electron chi connectivity index (χ1n) is 6.78. The highest BCUT2D eigenvalue weighted by Gasteiger charge is 2.24. The number of carboxylic acid groups (broad SMARTS) is 1. The molecule has 0 radical (unpaired) electrons. The molecule has 0 aliphatic rings. The molecule has 0 saturated heterocycles. The standard InChI is InChI=1S/C16H10BrNO5/c1-6-3-8-12(11-5-10(16(19)20)18-23-11)14-9(4-7(2)21-14)13(17)15(8)22-6/h3-5H,1-2H3,(H,19,20). The van der Waals surface area contributed by atoms with Crippen LogP contribution < -0.4 is 0 Å². The first kappa shape index (κ1) is 14.1. The van der Waals surface area contributed by atoms with Gasteiger partial charge in [0.05, 0.1) is 10.0 Å². The number of halogens is 1. The van der Waals surface area contributed by atoms with Gasteiger partial charge in [0, 0.05) is 16.8 Å². The number of rotatable bonds is 2. The average molecular weight is 376 g/mol. The van der Waals surface area contributed by atoms with Crippen molar-refractivity contribution in [2.45, 2.75) is 13.8 Å². The predicted octanol–water partition coefficient (Wildman–Crippen LogP) is 4.91. The summed E-state index contributed by atoms with van der Waals surface area (Å²) in [6.45, 7) is 3.68. The maximum absolute atomic E-state index is 11.1. The number of nitrogens with zero attached hydrogens (tertiary/aromatic N) is 1. The number of aryl methyl sites for hydroxylation is 2. The minimum absolute atomic E-state index is 0.160. The van der Waals surface area contributed by atoms with Crippen LogP contribution in [0.4, 0.5) is 0 Å². The van der Waals surface area contributed by atoms with Crippen molar-refractivity contribution < 1.29 is 23.3 Å². The van der Waals surface area contributed by atoms with Crippen LogP contribution in [0.1, 0.15) is 22.0 Å². The van der Waals surface area contributed by atoms with Gasteiger partial charge in [0.25, 0.3) is 0 Å². The van der Waals surface area contributed by atoms with E-state index >= 15 is 0 Å². The summed E-state index contributed by atoms with van der Waals surface area (Å²) >= 11 is 3.55. The van der Waals surface area contributed by atoms with E-state index in [9.17, 15) is 4.79 Å². The van der Waals surface area contributed by atoms with Gasteiger partial charge in [-0.05, 0) is 41.9 Å². The largest absolute Gasteiger partial charge is 0.476 e. The molecule has 7 heteroatoms. The normalized spacial score (nSPS) is 11.6. The number of carboxylic acids is 1. The third kappa shape index (κ3) is 2.00. The molecule has 0 atom stereocenters. The Bertz CT molecular complexity index is 1030. The Kier molecular flexibility index (Phi) is 2.89. The summed E-state index contributed by atoms with van der Waals surface area (Å²) < 4.78 is 17.6. The van der Waals surface area contributed by atoms with Crippen molar-refractivity contribution in [1.29, 1.82) is 0 Å². The van der Waals surface area contributed by atoms with Gasteiger partial charge in [0.15, 0.2) is 11.5 Å². The Morgan fingerprint density at radius 1 is 1.09 bits per heavy atom. The highest BCUT2D eigenvalue weighted by Crippen LogP contribution is 2.44. The Hall–Kier alpha value is -2.54. The molecule has 3 aromatic heterocycles. The van der Waals surface area contributed by atoms with Gasteiger partial charge in [-0.1, -0.05) is 5.16 Å². The number of carbonyl (C=O) groups is 1. The highest BCUT2D eigenvalue weighted by molar-refractivity contribution is 9.10. The van der Waals surface area contributed by atoms with Crippen LogP contribution >= 0.6 is 15.9 Å². The smallest absolute Gasteiger partial charge is 0.358 e. The Morgan fingerprint density at radius 2 is 1.74 bits per heavy atom. The van der Waals surface area contributed by atoms with E-state index in [1.54, 1.807) is 0 Å². The third-order valence-electron chi connectivity index (χ3n) is 3.62. The lowest BCUT2D eigenvalue weighted by molar-refractivity contribution is 0.0686. The van der Waals surface area contributed by atoms with Gasteiger partial charge >= 0.3 is 5.97 Å². The molecule has 23 heavy (non-hydrogen) atoms. The lowest BCUT2D eigenvalue weighted by atomic mass is 10.0. The first-order chi connectivity index (χ1) is 11.0. The van der Waals surface area contributed by atoms with E-state index in [1.165, 1.54) is 6.07 Å². The summed E-state index contributed by atoms with van der Waals surface area (Å²) in [7, 11) is 0. The van der Waals surface area contributed by atoms with E-state index in [0.717, 1.165) is 26.8 Å². The van der Waals surface area contributed by atoms with Crippen molar-refractivity contribution in [2.24, 2.45) is 0 Å². The van der Waals surface area contributed by atoms with E-state index in [2.05, 4.69) is 21.1 Å². The molecular weight excluding hydrogens is 366 g/mol. The molecule has 1 N–H and O–H groups in total. The number of furan rings is 2. The zero-order valence-electron chi connectivity index (χ0n) is 12.1. The minimum Gasteiger partial charge on any atom is -0.476 e. The second-order valence-electron chi connectivity index (χ2n) is 5.27. The SMILES string of the molecule is Cc1cc2c(-c3cc(C(=O)O)no3)c3oc(C)cc3c(Br)c2o1. The molecule has 0 bridgehead atoms. The number of aromatic carboxylic acids is 1. The number of hydrogen-bond acceptors (Lipinski definition) is 5. The number of hydrogen-bond donors (Lipinski definition) is 1. The fourth-order valence-electron chi connectivity index (χ4n) is 2.71. The molecule has 0 aliphatic heterocycles.